The summed E-state index contributed by atoms with van der Waals surface area (Å²) in [6.07, 6.45) is 1.55. The van der Waals surface area contributed by atoms with Crippen molar-refractivity contribution in [3.8, 4) is 0 Å². The lowest BCUT2D eigenvalue weighted by Crippen LogP contribution is -2.23. The summed E-state index contributed by atoms with van der Waals surface area (Å²) in [6, 6.07) is 3.88. The van der Waals surface area contributed by atoms with Crippen LogP contribution < -0.4 is 10.0 Å². The van der Waals surface area contributed by atoms with Crippen LogP contribution in [0.5, 0.6) is 0 Å². The monoisotopic (exact) mass is 314 g/mol. The Morgan fingerprint density at radius 3 is 2.71 bits per heavy atom. The molecule has 116 valence electrons. The summed E-state index contributed by atoms with van der Waals surface area (Å²) < 4.78 is 22.6. The second kappa shape index (κ2) is 6.00. The summed E-state index contributed by atoms with van der Waals surface area (Å²) in [5.74, 6) is -0.879. The number of aliphatic hydroxyl groups excluding tert-OH is 1. The fourth-order valence-corrected chi connectivity index (χ4v) is 3.15. The molecule has 1 aliphatic rings. The van der Waals surface area contributed by atoms with Crippen molar-refractivity contribution in [2.75, 3.05) is 24.6 Å². The average Bonchev–Trinajstić information content (AvgIpc) is 2.86. The maximum Gasteiger partial charge on any atom is 0.337 e. The Hall–Kier alpha value is -1.64. The van der Waals surface area contributed by atoms with Crippen molar-refractivity contribution in [2.45, 2.75) is 17.7 Å². The van der Waals surface area contributed by atoms with E-state index < -0.39 is 16.0 Å². The van der Waals surface area contributed by atoms with Crippen LogP contribution in [0.15, 0.2) is 23.1 Å². The van der Waals surface area contributed by atoms with Gasteiger partial charge in [-0.15, -0.1) is 0 Å². The van der Waals surface area contributed by atoms with E-state index in [1.807, 2.05) is 4.90 Å². The number of sulfonamides is 1. The van der Waals surface area contributed by atoms with Gasteiger partial charge in [-0.05, 0) is 37.0 Å². The van der Waals surface area contributed by atoms with Gasteiger partial charge in [0.2, 0.25) is 10.0 Å². The van der Waals surface area contributed by atoms with Crippen molar-refractivity contribution >= 4 is 21.7 Å². The molecule has 1 atom stereocenters. The van der Waals surface area contributed by atoms with E-state index in [2.05, 4.69) is 0 Å². The first-order chi connectivity index (χ1) is 9.82. The molecule has 1 aliphatic heterocycles. The second-order valence-electron chi connectivity index (χ2n) is 5.14. The van der Waals surface area contributed by atoms with E-state index in [1.165, 1.54) is 12.1 Å². The van der Waals surface area contributed by atoms with E-state index in [-0.39, 0.29) is 17.1 Å². The molecular formula is C13H18N2O5S. The highest BCUT2D eigenvalue weighted by atomic mass is 32.2. The van der Waals surface area contributed by atoms with E-state index in [4.69, 9.17) is 10.2 Å². The number of carboxylic acid groups (broad SMARTS) is 1. The lowest BCUT2D eigenvalue weighted by Gasteiger charge is -2.21. The highest BCUT2D eigenvalue weighted by Gasteiger charge is 2.26. The Balaban J connectivity index is 2.34. The van der Waals surface area contributed by atoms with E-state index >= 15 is 0 Å². The number of aliphatic hydroxyl groups is 1. The molecular weight excluding hydrogens is 296 g/mol. The lowest BCUT2D eigenvalue weighted by atomic mass is 10.1. The summed E-state index contributed by atoms with van der Waals surface area (Å²) in [7, 11) is -3.93. The van der Waals surface area contributed by atoms with Crippen LogP contribution in [0.4, 0.5) is 5.69 Å². The van der Waals surface area contributed by atoms with Crippen LogP contribution in [0.25, 0.3) is 0 Å². The van der Waals surface area contributed by atoms with E-state index in [9.17, 15) is 18.3 Å². The van der Waals surface area contributed by atoms with Crippen LogP contribution >= 0.6 is 0 Å². The predicted octanol–water partition coefficient (Wildman–Crippen LogP) is 0.241. The van der Waals surface area contributed by atoms with Crippen molar-refractivity contribution in [2.24, 2.45) is 11.1 Å². The van der Waals surface area contributed by atoms with Crippen molar-refractivity contribution in [1.82, 2.24) is 0 Å². The third-order valence-electron chi connectivity index (χ3n) is 3.69. The van der Waals surface area contributed by atoms with Gasteiger partial charge in [0, 0.05) is 19.7 Å². The molecule has 1 saturated heterocycles. The van der Waals surface area contributed by atoms with Gasteiger partial charge in [0.25, 0.3) is 0 Å². The molecule has 1 aromatic carbocycles. The largest absolute Gasteiger partial charge is 0.478 e. The number of carbonyl (C=O) groups is 1. The van der Waals surface area contributed by atoms with Crippen LogP contribution in [0.1, 0.15) is 23.2 Å². The zero-order valence-corrected chi connectivity index (χ0v) is 12.2. The molecule has 0 saturated carbocycles. The van der Waals surface area contributed by atoms with Crippen LogP contribution in [0.2, 0.25) is 0 Å². The highest BCUT2D eigenvalue weighted by Crippen LogP contribution is 2.30. The number of aromatic carboxylic acids is 1. The molecule has 0 radical (unpaired) electrons. The molecule has 0 spiro atoms. The van der Waals surface area contributed by atoms with E-state index in [0.29, 0.717) is 31.1 Å². The first-order valence-corrected chi connectivity index (χ1v) is 8.13. The van der Waals surface area contributed by atoms with Gasteiger partial charge >= 0.3 is 5.97 Å². The molecule has 7 nitrogen and oxygen atoms in total. The molecule has 21 heavy (non-hydrogen) atoms. The average molecular weight is 314 g/mol. The van der Waals surface area contributed by atoms with Crippen LogP contribution in [0.3, 0.4) is 0 Å². The van der Waals surface area contributed by atoms with Gasteiger partial charge in [-0.25, -0.2) is 18.4 Å². The molecule has 4 N–H and O–H groups in total. The van der Waals surface area contributed by atoms with Crippen molar-refractivity contribution in [3.63, 3.8) is 0 Å². The fraction of sp³-hybridized carbons (Fsp3) is 0.462. The van der Waals surface area contributed by atoms with Crippen molar-refractivity contribution in [3.05, 3.63) is 23.8 Å². The molecule has 2 rings (SSSR count). The van der Waals surface area contributed by atoms with Gasteiger partial charge in [0.15, 0.2) is 0 Å². The number of carboxylic acids is 1. The zero-order chi connectivity index (χ0) is 15.6. The maximum atomic E-state index is 11.4. The molecule has 1 heterocycles. The van der Waals surface area contributed by atoms with Crippen LogP contribution in [-0.4, -0.2) is 44.3 Å². The molecule has 0 aliphatic carbocycles. The molecule has 0 bridgehead atoms. The third-order valence-corrected chi connectivity index (χ3v) is 4.60. The minimum Gasteiger partial charge on any atom is -0.478 e. The van der Waals surface area contributed by atoms with Gasteiger partial charge in [0.05, 0.1) is 16.1 Å². The fourth-order valence-electron chi connectivity index (χ4n) is 2.61. The Labute approximate surface area is 123 Å². The molecule has 1 aromatic rings. The van der Waals surface area contributed by atoms with Crippen molar-refractivity contribution < 1.29 is 23.4 Å². The smallest absolute Gasteiger partial charge is 0.337 e. The van der Waals surface area contributed by atoms with Crippen molar-refractivity contribution in [1.29, 1.82) is 0 Å². The predicted molar refractivity (Wildman–Crippen MR) is 76.8 cm³/mol. The molecule has 8 heteroatoms. The number of hydrogen-bond acceptors (Lipinski definition) is 5. The number of benzene rings is 1. The van der Waals surface area contributed by atoms with Gasteiger partial charge in [-0.2, -0.15) is 0 Å². The maximum absolute atomic E-state index is 11.4. The summed E-state index contributed by atoms with van der Waals surface area (Å²) in [4.78, 5) is 13.0. The number of nitrogens with two attached hydrogens (primary N) is 1. The topological polar surface area (TPSA) is 121 Å². The quantitative estimate of drug-likeness (QED) is 0.716. The second-order valence-corrected chi connectivity index (χ2v) is 6.70. The number of primary sulfonamides is 1. The Kier molecular flexibility index (Phi) is 4.50. The normalized spacial score (nSPS) is 19.0. The van der Waals surface area contributed by atoms with Crippen LogP contribution in [-0.2, 0) is 10.0 Å². The Morgan fingerprint density at radius 2 is 2.14 bits per heavy atom. The number of rotatable bonds is 5. The third kappa shape index (κ3) is 3.52. The number of hydrogen-bond donors (Lipinski definition) is 3. The highest BCUT2D eigenvalue weighted by molar-refractivity contribution is 7.89. The Bertz CT molecular complexity index is 644. The first kappa shape index (κ1) is 15.7. The minimum absolute atomic E-state index is 0.0776. The first-order valence-electron chi connectivity index (χ1n) is 6.59. The van der Waals surface area contributed by atoms with Gasteiger partial charge < -0.3 is 15.1 Å². The minimum atomic E-state index is -3.93. The summed E-state index contributed by atoms with van der Waals surface area (Å²) in [6.45, 7) is 1.43. The molecule has 0 amide bonds. The number of anilines is 1. The van der Waals surface area contributed by atoms with Gasteiger partial charge in [-0.3, -0.25) is 0 Å². The van der Waals surface area contributed by atoms with E-state index in [0.717, 1.165) is 12.5 Å². The van der Waals surface area contributed by atoms with Gasteiger partial charge in [0.1, 0.15) is 0 Å². The SMILES string of the molecule is NS(=O)(=O)c1ccc(N2CCC(CCO)C2)c(C(=O)O)c1. The molecule has 1 unspecified atom stereocenters. The summed E-state index contributed by atoms with van der Waals surface area (Å²) >= 11 is 0. The number of nitrogens with zero attached hydrogens (tertiary/aromatic N) is 1. The standard InChI is InChI=1S/C13H18N2O5S/c14-21(19,20)10-1-2-12(11(7-10)13(17)18)15-5-3-9(8-15)4-6-16/h1-2,7,9,16H,3-6,8H2,(H,17,18)(H2,14,19,20). The molecule has 1 fully saturated rings. The van der Waals surface area contributed by atoms with E-state index in [1.54, 1.807) is 0 Å². The lowest BCUT2D eigenvalue weighted by molar-refractivity contribution is 0.0697. The molecule has 0 aromatic heterocycles. The summed E-state index contributed by atoms with van der Waals surface area (Å²) in [5, 5.41) is 23.3. The zero-order valence-electron chi connectivity index (χ0n) is 11.4. The van der Waals surface area contributed by atoms with Crippen LogP contribution in [0, 0.1) is 5.92 Å². The van der Waals surface area contributed by atoms with Gasteiger partial charge in [-0.1, -0.05) is 0 Å². The Morgan fingerprint density at radius 1 is 1.43 bits per heavy atom. The summed E-state index contributed by atoms with van der Waals surface area (Å²) in [5.41, 5.74) is 0.404.